The minimum absolute atomic E-state index is 0.124. The number of hydrogen-bond acceptors (Lipinski definition) is 6. The summed E-state index contributed by atoms with van der Waals surface area (Å²) in [6.07, 6.45) is 2.16. The van der Waals surface area contributed by atoms with Crippen molar-refractivity contribution in [1.29, 1.82) is 0 Å². The summed E-state index contributed by atoms with van der Waals surface area (Å²) >= 11 is 0. The molecule has 8 nitrogen and oxygen atoms in total. The number of amides is 1. The molecule has 1 N–H and O–H groups in total. The molecule has 0 unspecified atom stereocenters. The summed E-state index contributed by atoms with van der Waals surface area (Å²) in [4.78, 5) is 12.4. The average Bonchev–Trinajstić information content (AvgIpc) is 3.06. The molecule has 4 rings (SSSR count). The van der Waals surface area contributed by atoms with Crippen molar-refractivity contribution in [2.75, 3.05) is 6.61 Å². The van der Waals surface area contributed by atoms with Gasteiger partial charge in [0.25, 0.3) is 5.91 Å². The minimum atomic E-state index is -0.353. The van der Waals surface area contributed by atoms with Gasteiger partial charge in [0.15, 0.2) is 12.3 Å². The summed E-state index contributed by atoms with van der Waals surface area (Å²) in [5.74, 6) is 0.919. The lowest BCUT2D eigenvalue weighted by molar-refractivity contribution is -0.124. The Balaban J connectivity index is 1.42. The van der Waals surface area contributed by atoms with Gasteiger partial charge in [-0.3, -0.25) is 4.79 Å². The molecule has 134 valence electrons. The third-order valence-corrected chi connectivity index (χ3v) is 4.20. The zero-order valence-corrected chi connectivity index (χ0v) is 14.5. The number of fused-ring (bicyclic) bond motifs is 2. The summed E-state index contributed by atoms with van der Waals surface area (Å²) in [6.45, 7) is 3.90. The molecule has 1 aromatic carbocycles. The van der Waals surface area contributed by atoms with E-state index in [1.807, 2.05) is 38.1 Å². The number of hydrogen-bond donors (Lipinski definition) is 1. The van der Waals surface area contributed by atoms with Crippen LogP contribution in [0.25, 0.3) is 5.65 Å². The standard InChI is InChI=1S/C18H19N5O3/c1-18(2)9-13(12-5-3-4-6-14(12)26-18)20-16(24)10-25-17-8-7-15-21-19-11-23(15)22-17/h3-8,11,13H,9-10H2,1-2H3,(H,20,24)/t13-/m1/s1. The van der Waals surface area contributed by atoms with Gasteiger partial charge in [-0.15, -0.1) is 15.3 Å². The highest BCUT2D eigenvalue weighted by Crippen LogP contribution is 2.39. The number of carbonyl (C=O) groups is 1. The van der Waals surface area contributed by atoms with E-state index in [-0.39, 0.29) is 24.2 Å². The first-order valence-corrected chi connectivity index (χ1v) is 8.37. The monoisotopic (exact) mass is 353 g/mol. The Labute approximate surface area is 150 Å². The second kappa shape index (κ2) is 6.29. The molecule has 1 atom stereocenters. The molecule has 8 heteroatoms. The summed E-state index contributed by atoms with van der Waals surface area (Å²) < 4.78 is 13.0. The van der Waals surface area contributed by atoms with Crippen molar-refractivity contribution in [2.45, 2.75) is 31.9 Å². The van der Waals surface area contributed by atoms with Gasteiger partial charge >= 0.3 is 0 Å². The number of nitrogens with zero attached hydrogens (tertiary/aromatic N) is 4. The summed E-state index contributed by atoms with van der Waals surface area (Å²) in [7, 11) is 0. The predicted molar refractivity (Wildman–Crippen MR) is 92.9 cm³/mol. The van der Waals surface area contributed by atoms with Crippen molar-refractivity contribution in [2.24, 2.45) is 0 Å². The van der Waals surface area contributed by atoms with Crippen molar-refractivity contribution < 1.29 is 14.3 Å². The summed E-state index contributed by atoms with van der Waals surface area (Å²) in [5, 5.41) is 14.8. The lowest BCUT2D eigenvalue weighted by Crippen LogP contribution is -2.42. The number of benzene rings is 1. The summed E-state index contributed by atoms with van der Waals surface area (Å²) in [6, 6.07) is 11.0. The average molecular weight is 353 g/mol. The molecule has 0 fully saturated rings. The molecule has 26 heavy (non-hydrogen) atoms. The first-order chi connectivity index (χ1) is 12.5. The number of nitrogens with one attached hydrogen (secondary N) is 1. The van der Waals surface area contributed by atoms with Crippen LogP contribution in [-0.2, 0) is 4.79 Å². The van der Waals surface area contributed by atoms with Gasteiger partial charge in [0, 0.05) is 18.1 Å². The maximum absolute atomic E-state index is 12.4. The van der Waals surface area contributed by atoms with Crippen LogP contribution < -0.4 is 14.8 Å². The SMILES string of the molecule is CC1(C)C[C@@H](NC(=O)COc2ccc3nncn3n2)c2ccccc2O1. The Kier molecular flexibility index (Phi) is 3.95. The van der Waals surface area contributed by atoms with E-state index in [0.29, 0.717) is 17.9 Å². The van der Waals surface area contributed by atoms with Crippen molar-refractivity contribution in [3.05, 3.63) is 48.3 Å². The van der Waals surface area contributed by atoms with E-state index in [2.05, 4.69) is 20.6 Å². The zero-order chi connectivity index (χ0) is 18.1. The first kappa shape index (κ1) is 16.3. The van der Waals surface area contributed by atoms with E-state index in [4.69, 9.17) is 9.47 Å². The number of rotatable bonds is 4. The van der Waals surface area contributed by atoms with Gasteiger partial charge in [0.1, 0.15) is 17.7 Å². The van der Waals surface area contributed by atoms with Crippen LogP contribution >= 0.6 is 0 Å². The molecule has 1 amide bonds. The lowest BCUT2D eigenvalue weighted by atomic mass is 9.90. The Morgan fingerprint density at radius 1 is 1.35 bits per heavy atom. The highest BCUT2D eigenvalue weighted by atomic mass is 16.5. The van der Waals surface area contributed by atoms with Crippen LogP contribution in [0, 0.1) is 0 Å². The lowest BCUT2D eigenvalue weighted by Gasteiger charge is -2.37. The molecule has 0 aliphatic carbocycles. The van der Waals surface area contributed by atoms with Crippen LogP contribution in [0.5, 0.6) is 11.6 Å². The molecule has 0 saturated heterocycles. The van der Waals surface area contributed by atoms with Crippen molar-refractivity contribution in [1.82, 2.24) is 25.1 Å². The van der Waals surface area contributed by atoms with Crippen LogP contribution in [-0.4, -0.2) is 37.9 Å². The molecular weight excluding hydrogens is 334 g/mol. The first-order valence-electron chi connectivity index (χ1n) is 8.37. The van der Waals surface area contributed by atoms with E-state index in [9.17, 15) is 4.79 Å². The second-order valence-electron chi connectivity index (χ2n) is 6.82. The number of aromatic nitrogens is 4. The molecule has 1 aliphatic rings. The minimum Gasteiger partial charge on any atom is -0.487 e. The number of carbonyl (C=O) groups excluding carboxylic acids is 1. The molecule has 0 radical (unpaired) electrons. The number of para-hydroxylation sites is 1. The Hall–Kier alpha value is -3.16. The van der Waals surface area contributed by atoms with Crippen LogP contribution in [0.4, 0.5) is 0 Å². The molecule has 0 spiro atoms. The molecule has 0 saturated carbocycles. The van der Waals surface area contributed by atoms with Gasteiger partial charge in [-0.1, -0.05) is 18.2 Å². The van der Waals surface area contributed by atoms with Crippen molar-refractivity contribution >= 4 is 11.6 Å². The Morgan fingerprint density at radius 3 is 3.08 bits per heavy atom. The van der Waals surface area contributed by atoms with Gasteiger partial charge in [0.2, 0.25) is 5.88 Å². The predicted octanol–water partition coefficient (Wildman–Crippen LogP) is 1.92. The van der Waals surface area contributed by atoms with E-state index in [0.717, 1.165) is 11.3 Å². The zero-order valence-electron chi connectivity index (χ0n) is 14.5. The van der Waals surface area contributed by atoms with Crippen molar-refractivity contribution in [3.8, 4) is 11.6 Å². The fourth-order valence-electron chi connectivity index (χ4n) is 3.09. The Bertz CT molecular complexity index is 953. The van der Waals surface area contributed by atoms with Crippen LogP contribution in [0.15, 0.2) is 42.7 Å². The molecular formula is C18H19N5O3. The topological polar surface area (TPSA) is 90.6 Å². The fraction of sp³-hybridized carbons (Fsp3) is 0.333. The molecule has 3 aromatic rings. The number of ether oxygens (including phenoxy) is 2. The normalized spacial score (nSPS) is 18.0. The third-order valence-electron chi connectivity index (χ3n) is 4.20. The smallest absolute Gasteiger partial charge is 0.258 e. The molecule has 2 aromatic heterocycles. The third kappa shape index (κ3) is 3.30. The quantitative estimate of drug-likeness (QED) is 0.771. The molecule has 3 heterocycles. The van der Waals surface area contributed by atoms with E-state index >= 15 is 0 Å². The highest BCUT2D eigenvalue weighted by molar-refractivity contribution is 5.78. The fourth-order valence-corrected chi connectivity index (χ4v) is 3.09. The van der Waals surface area contributed by atoms with Gasteiger partial charge in [-0.05, 0) is 26.0 Å². The van der Waals surface area contributed by atoms with Crippen LogP contribution in [0.3, 0.4) is 0 Å². The van der Waals surface area contributed by atoms with Gasteiger partial charge in [0.05, 0.1) is 6.04 Å². The molecule has 0 bridgehead atoms. The van der Waals surface area contributed by atoms with Gasteiger partial charge < -0.3 is 14.8 Å². The summed E-state index contributed by atoms with van der Waals surface area (Å²) in [5.41, 5.74) is 1.24. The van der Waals surface area contributed by atoms with Crippen LogP contribution in [0.2, 0.25) is 0 Å². The van der Waals surface area contributed by atoms with E-state index < -0.39 is 0 Å². The second-order valence-corrected chi connectivity index (χ2v) is 6.82. The maximum atomic E-state index is 12.4. The highest BCUT2D eigenvalue weighted by Gasteiger charge is 2.34. The van der Waals surface area contributed by atoms with Gasteiger partial charge in [-0.2, -0.15) is 4.52 Å². The van der Waals surface area contributed by atoms with Crippen molar-refractivity contribution in [3.63, 3.8) is 0 Å². The van der Waals surface area contributed by atoms with Gasteiger partial charge in [-0.25, -0.2) is 0 Å². The van der Waals surface area contributed by atoms with E-state index in [1.54, 1.807) is 12.1 Å². The Morgan fingerprint density at radius 2 is 2.19 bits per heavy atom. The largest absolute Gasteiger partial charge is 0.487 e. The molecule has 1 aliphatic heterocycles. The maximum Gasteiger partial charge on any atom is 0.258 e. The van der Waals surface area contributed by atoms with Crippen LogP contribution in [0.1, 0.15) is 31.9 Å². The van der Waals surface area contributed by atoms with E-state index in [1.165, 1.54) is 10.8 Å².